The summed E-state index contributed by atoms with van der Waals surface area (Å²) in [5.74, 6) is 0. The van der Waals surface area contributed by atoms with Crippen molar-refractivity contribution in [1.82, 2.24) is 5.32 Å². The van der Waals surface area contributed by atoms with Gasteiger partial charge in [-0.25, -0.2) is 0 Å². The smallest absolute Gasteiger partial charge is 0.0360 e. The Morgan fingerprint density at radius 1 is 1.21 bits per heavy atom. The molecule has 0 saturated carbocycles. The molecule has 0 spiro atoms. The van der Waals surface area contributed by atoms with E-state index in [1.54, 1.807) is 0 Å². The highest BCUT2D eigenvalue weighted by Gasteiger charge is 2.04. The molecule has 2 aromatic rings. The van der Waals surface area contributed by atoms with Gasteiger partial charge in [-0.1, -0.05) is 47.1 Å². The van der Waals surface area contributed by atoms with E-state index >= 15 is 0 Å². The molecule has 0 aliphatic carbocycles. The Morgan fingerprint density at radius 2 is 2.05 bits per heavy atom. The SMILES string of the molecule is CCCNCC=Cc1ccc(-c2ccccc2Br)s1. The maximum Gasteiger partial charge on any atom is 0.0360 e. The van der Waals surface area contributed by atoms with Crippen molar-refractivity contribution in [1.29, 1.82) is 0 Å². The average molecular weight is 336 g/mol. The van der Waals surface area contributed by atoms with Crippen LogP contribution in [0.5, 0.6) is 0 Å². The summed E-state index contributed by atoms with van der Waals surface area (Å²) in [6.45, 7) is 4.20. The lowest BCUT2D eigenvalue weighted by atomic mass is 10.2. The second-order valence-electron chi connectivity index (χ2n) is 4.29. The van der Waals surface area contributed by atoms with Crippen LogP contribution >= 0.6 is 27.3 Å². The molecule has 1 aromatic heterocycles. The van der Waals surface area contributed by atoms with Crippen LogP contribution < -0.4 is 5.32 Å². The van der Waals surface area contributed by atoms with Gasteiger partial charge in [-0.3, -0.25) is 0 Å². The zero-order chi connectivity index (χ0) is 13.5. The highest BCUT2D eigenvalue weighted by molar-refractivity contribution is 9.10. The van der Waals surface area contributed by atoms with Gasteiger partial charge in [0.2, 0.25) is 0 Å². The van der Waals surface area contributed by atoms with Crippen LogP contribution in [0.25, 0.3) is 16.5 Å². The minimum Gasteiger partial charge on any atom is -0.313 e. The standard InChI is InChI=1S/C16H18BrNS/c1-2-11-18-12-5-6-13-9-10-16(19-13)14-7-3-4-8-15(14)17/h3-10,18H,2,11-12H2,1H3. The Balaban J connectivity index is 2.01. The molecule has 0 fully saturated rings. The highest BCUT2D eigenvalue weighted by atomic mass is 79.9. The Hall–Kier alpha value is -0.900. The third-order valence-corrected chi connectivity index (χ3v) is 4.51. The van der Waals surface area contributed by atoms with Crippen LogP contribution in [0.3, 0.4) is 0 Å². The molecule has 100 valence electrons. The lowest BCUT2D eigenvalue weighted by Crippen LogP contribution is -2.13. The fourth-order valence-electron chi connectivity index (χ4n) is 1.79. The summed E-state index contributed by atoms with van der Waals surface area (Å²) in [4.78, 5) is 2.60. The second-order valence-corrected chi connectivity index (χ2v) is 6.26. The van der Waals surface area contributed by atoms with Crippen LogP contribution in [0.1, 0.15) is 18.2 Å². The number of halogens is 1. The summed E-state index contributed by atoms with van der Waals surface area (Å²) in [6, 6.07) is 12.7. The van der Waals surface area contributed by atoms with Gasteiger partial charge in [0.05, 0.1) is 0 Å². The molecule has 1 N–H and O–H groups in total. The van der Waals surface area contributed by atoms with Crippen molar-refractivity contribution in [3.05, 3.63) is 51.8 Å². The minimum atomic E-state index is 0.941. The monoisotopic (exact) mass is 335 g/mol. The molecular weight excluding hydrogens is 318 g/mol. The molecule has 0 radical (unpaired) electrons. The maximum absolute atomic E-state index is 3.60. The summed E-state index contributed by atoms with van der Waals surface area (Å²) in [5.41, 5.74) is 1.26. The average Bonchev–Trinajstić information content (AvgIpc) is 2.88. The summed E-state index contributed by atoms with van der Waals surface area (Å²) in [7, 11) is 0. The molecule has 2 rings (SSSR count). The number of thiophene rings is 1. The van der Waals surface area contributed by atoms with E-state index in [1.807, 2.05) is 17.4 Å². The molecule has 0 aliphatic heterocycles. The molecule has 0 unspecified atom stereocenters. The van der Waals surface area contributed by atoms with E-state index in [-0.39, 0.29) is 0 Å². The molecular formula is C16H18BrNS. The van der Waals surface area contributed by atoms with Gasteiger partial charge in [-0.05, 0) is 37.2 Å². The lowest BCUT2D eigenvalue weighted by molar-refractivity contribution is 0.730. The van der Waals surface area contributed by atoms with Crippen molar-refractivity contribution in [2.45, 2.75) is 13.3 Å². The van der Waals surface area contributed by atoms with Crippen molar-refractivity contribution >= 4 is 33.3 Å². The number of hydrogen-bond donors (Lipinski definition) is 1. The third kappa shape index (κ3) is 4.30. The topological polar surface area (TPSA) is 12.0 Å². The van der Waals surface area contributed by atoms with Crippen molar-refractivity contribution in [3.8, 4) is 10.4 Å². The van der Waals surface area contributed by atoms with E-state index in [0.29, 0.717) is 0 Å². The first-order valence-corrected chi connectivity index (χ1v) is 8.14. The van der Waals surface area contributed by atoms with E-state index in [2.05, 4.69) is 70.7 Å². The summed E-state index contributed by atoms with van der Waals surface area (Å²) < 4.78 is 1.15. The third-order valence-electron chi connectivity index (χ3n) is 2.74. The molecule has 0 aliphatic rings. The van der Waals surface area contributed by atoms with Crippen molar-refractivity contribution < 1.29 is 0 Å². The number of hydrogen-bond acceptors (Lipinski definition) is 2. The van der Waals surface area contributed by atoms with Crippen LogP contribution in [-0.4, -0.2) is 13.1 Å². The number of rotatable bonds is 6. The van der Waals surface area contributed by atoms with E-state index in [1.165, 1.54) is 21.7 Å². The van der Waals surface area contributed by atoms with Gasteiger partial charge in [0.1, 0.15) is 0 Å². The van der Waals surface area contributed by atoms with Crippen molar-refractivity contribution in [2.24, 2.45) is 0 Å². The van der Waals surface area contributed by atoms with Gasteiger partial charge in [-0.15, -0.1) is 11.3 Å². The molecule has 19 heavy (non-hydrogen) atoms. The molecule has 1 heterocycles. The first-order chi connectivity index (χ1) is 9.31. The molecule has 0 saturated heterocycles. The lowest BCUT2D eigenvalue weighted by Gasteiger charge is -1.99. The zero-order valence-electron chi connectivity index (χ0n) is 11.0. The predicted octanol–water partition coefficient (Wildman–Crippen LogP) is 5.19. The van der Waals surface area contributed by atoms with Crippen LogP contribution in [0.2, 0.25) is 0 Å². The van der Waals surface area contributed by atoms with Gasteiger partial charge in [-0.2, -0.15) is 0 Å². The summed E-state index contributed by atoms with van der Waals surface area (Å²) in [5, 5.41) is 3.36. The molecule has 1 nitrogen and oxygen atoms in total. The predicted molar refractivity (Wildman–Crippen MR) is 89.6 cm³/mol. The van der Waals surface area contributed by atoms with E-state index in [4.69, 9.17) is 0 Å². The van der Waals surface area contributed by atoms with Crippen LogP contribution in [0.4, 0.5) is 0 Å². The molecule has 3 heteroatoms. The first-order valence-electron chi connectivity index (χ1n) is 6.53. The zero-order valence-corrected chi connectivity index (χ0v) is 13.4. The second kappa shape index (κ2) is 7.63. The highest BCUT2D eigenvalue weighted by Crippen LogP contribution is 2.33. The van der Waals surface area contributed by atoms with Gasteiger partial charge < -0.3 is 5.32 Å². The molecule has 0 amide bonds. The fraction of sp³-hybridized carbons (Fsp3) is 0.250. The molecule has 0 bridgehead atoms. The van der Waals surface area contributed by atoms with Gasteiger partial charge in [0, 0.05) is 26.3 Å². The summed E-state index contributed by atoms with van der Waals surface area (Å²) >= 11 is 5.42. The first kappa shape index (κ1) is 14.5. The number of nitrogens with one attached hydrogen (secondary N) is 1. The Kier molecular flexibility index (Phi) is 5.83. The maximum atomic E-state index is 3.60. The minimum absolute atomic E-state index is 0.941. The Labute approximate surface area is 127 Å². The Bertz CT molecular complexity index is 545. The van der Waals surface area contributed by atoms with Gasteiger partial charge >= 0.3 is 0 Å². The van der Waals surface area contributed by atoms with Crippen LogP contribution in [0, 0.1) is 0 Å². The van der Waals surface area contributed by atoms with E-state index in [0.717, 1.165) is 17.6 Å². The van der Waals surface area contributed by atoms with Gasteiger partial charge in [0.15, 0.2) is 0 Å². The summed E-state index contributed by atoms with van der Waals surface area (Å²) in [6.07, 6.45) is 5.55. The van der Waals surface area contributed by atoms with Gasteiger partial charge in [0.25, 0.3) is 0 Å². The van der Waals surface area contributed by atoms with E-state index < -0.39 is 0 Å². The molecule has 0 atom stereocenters. The van der Waals surface area contributed by atoms with Crippen LogP contribution in [0.15, 0.2) is 46.9 Å². The van der Waals surface area contributed by atoms with Crippen molar-refractivity contribution in [3.63, 3.8) is 0 Å². The van der Waals surface area contributed by atoms with Crippen molar-refractivity contribution in [2.75, 3.05) is 13.1 Å². The van der Waals surface area contributed by atoms with Crippen LogP contribution in [-0.2, 0) is 0 Å². The Morgan fingerprint density at radius 3 is 2.84 bits per heavy atom. The molecule has 1 aromatic carbocycles. The normalized spacial score (nSPS) is 11.3. The quantitative estimate of drug-likeness (QED) is 0.716. The largest absolute Gasteiger partial charge is 0.313 e. The van der Waals surface area contributed by atoms with E-state index in [9.17, 15) is 0 Å². The fourth-order valence-corrected chi connectivity index (χ4v) is 3.39. The number of benzene rings is 1.